The molecule has 1 aromatic carbocycles. The minimum atomic E-state index is -4.22. The summed E-state index contributed by atoms with van der Waals surface area (Å²) >= 11 is 0. The van der Waals surface area contributed by atoms with E-state index in [1.54, 1.807) is 24.7 Å². The van der Waals surface area contributed by atoms with Crippen LogP contribution in [0.4, 0.5) is 13.2 Å². The van der Waals surface area contributed by atoms with Crippen LogP contribution in [0.2, 0.25) is 0 Å². The first-order valence-corrected chi connectivity index (χ1v) is 10.5. The smallest absolute Gasteiger partial charge is 0.327 e. The Morgan fingerprint density at radius 3 is 2.50 bits per heavy atom. The van der Waals surface area contributed by atoms with E-state index < -0.39 is 12.6 Å². The van der Waals surface area contributed by atoms with Crippen molar-refractivity contribution in [3.05, 3.63) is 52.2 Å². The van der Waals surface area contributed by atoms with Crippen molar-refractivity contribution in [1.82, 2.24) is 14.1 Å². The number of aryl methyl sites for hydroxylation is 3. The van der Waals surface area contributed by atoms with E-state index in [2.05, 4.69) is 0 Å². The highest BCUT2D eigenvalue weighted by Gasteiger charge is 2.29. The summed E-state index contributed by atoms with van der Waals surface area (Å²) in [6.07, 6.45) is 1.98. The van der Waals surface area contributed by atoms with Crippen LogP contribution in [0.15, 0.2) is 35.3 Å². The third kappa shape index (κ3) is 4.16. The summed E-state index contributed by atoms with van der Waals surface area (Å²) in [6.45, 7) is 1.64. The van der Waals surface area contributed by atoms with Gasteiger partial charge in [0.2, 0.25) is 0 Å². The number of hydrogen-bond donors (Lipinski definition) is 0. The molecular weight excluding hydrogens is 391 g/mol. The number of imidazole rings is 1. The molecule has 0 bridgehead atoms. The first kappa shape index (κ1) is 20.7. The van der Waals surface area contributed by atoms with Crippen molar-refractivity contribution < 1.29 is 13.2 Å². The van der Waals surface area contributed by atoms with Gasteiger partial charge >= 0.3 is 6.18 Å². The van der Waals surface area contributed by atoms with Gasteiger partial charge in [-0.1, -0.05) is 25.3 Å². The van der Waals surface area contributed by atoms with E-state index in [4.69, 9.17) is 4.98 Å². The van der Waals surface area contributed by atoms with E-state index in [1.807, 2.05) is 24.3 Å². The molecule has 2 aromatic heterocycles. The zero-order valence-corrected chi connectivity index (χ0v) is 17.3. The topological polar surface area (TPSA) is 39.8 Å². The van der Waals surface area contributed by atoms with Gasteiger partial charge in [-0.15, -0.1) is 0 Å². The minimum absolute atomic E-state index is 0.0605. The van der Waals surface area contributed by atoms with Gasteiger partial charge in [-0.2, -0.15) is 13.2 Å². The van der Waals surface area contributed by atoms with Crippen molar-refractivity contribution in [2.75, 3.05) is 0 Å². The highest BCUT2D eigenvalue weighted by Crippen LogP contribution is 2.36. The van der Waals surface area contributed by atoms with E-state index >= 15 is 0 Å². The number of benzene rings is 1. The Kier molecular flexibility index (Phi) is 5.47. The molecule has 4 rings (SSSR count). The van der Waals surface area contributed by atoms with Crippen LogP contribution in [0.5, 0.6) is 0 Å². The molecule has 0 N–H and O–H groups in total. The van der Waals surface area contributed by atoms with Gasteiger partial charge in [0.25, 0.3) is 5.56 Å². The highest BCUT2D eigenvalue weighted by atomic mass is 19.4. The van der Waals surface area contributed by atoms with Gasteiger partial charge in [0.1, 0.15) is 5.82 Å². The zero-order valence-electron chi connectivity index (χ0n) is 17.3. The van der Waals surface area contributed by atoms with Gasteiger partial charge < -0.3 is 9.13 Å². The molecule has 1 aliphatic carbocycles. The summed E-state index contributed by atoms with van der Waals surface area (Å²) in [6, 6.07) is 7.53. The van der Waals surface area contributed by atoms with Crippen LogP contribution in [0.3, 0.4) is 0 Å². The largest absolute Gasteiger partial charge is 0.390 e. The van der Waals surface area contributed by atoms with Crippen molar-refractivity contribution in [3.63, 3.8) is 0 Å². The second-order valence-electron chi connectivity index (χ2n) is 8.35. The van der Waals surface area contributed by atoms with Gasteiger partial charge in [0.15, 0.2) is 0 Å². The standard InChI is InChI=1S/C23H26F3N3O/c1-15-12-18(14-28(2)22(15)30)17-8-9-19-20(13-17)29(11-10-23(24,25)26)21(27-19)16-6-4-3-5-7-16/h8-9,12-14,16H,3-7,10-11H2,1-2H3. The lowest BCUT2D eigenvalue weighted by Gasteiger charge is -2.22. The quantitative estimate of drug-likeness (QED) is 0.545. The molecule has 0 unspecified atom stereocenters. The van der Waals surface area contributed by atoms with Crippen molar-refractivity contribution in [2.45, 2.75) is 64.1 Å². The first-order chi connectivity index (χ1) is 14.2. The Morgan fingerprint density at radius 1 is 1.10 bits per heavy atom. The number of rotatable bonds is 4. The summed E-state index contributed by atoms with van der Waals surface area (Å²) in [7, 11) is 1.70. The Morgan fingerprint density at radius 2 is 1.83 bits per heavy atom. The van der Waals surface area contributed by atoms with E-state index in [0.717, 1.165) is 53.7 Å². The van der Waals surface area contributed by atoms with Gasteiger partial charge in [0, 0.05) is 31.3 Å². The van der Waals surface area contributed by atoms with Crippen molar-refractivity contribution >= 4 is 11.0 Å². The lowest BCUT2D eigenvalue weighted by molar-refractivity contribution is -0.136. The van der Waals surface area contributed by atoms with Gasteiger partial charge in [0.05, 0.1) is 17.5 Å². The predicted octanol–water partition coefficient (Wildman–Crippen LogP) is 5.71. The van der Waals surface area contributed by atoms with Crippen LogP contribution in [0.25, 0.3) is 22.2 Å². The summed E-state index contributed by atoms with van der Waals surface area (Å²) in [5, 5.41) is 0. The maximum Gasteiger partial charge on any atom is 0.390 e. The molecule has 7 heteroatoms. The zero-order chi connectivity index (χ0) is 21.5. The molecule has 0 aliphatic heterocycles. The number of aromatic nitrogens is 3. The van der Waals surface area contributed by atoms with Gasteiger partial charge in [-0.25, -0.2) is 4.98 Å². The van der Waals surface area contributed by atoms with Crippen LogP contribution in [0.1, 0.15) is 55.8 Å². The van der Waals surface area contributed by atoms with E-state index in [9.17, 15) is 18.0 Å². The number of hydrogen-bond acceptors (Lipinski definition) is 2. The molecule has 1 fully saturated rings. The molecule has 1 aliphatic rings. The number of nitrogens with zero attached hydrogens (tertiary/aromatic N) is 3. The van der Waals surface area contributed by atoms with Gasteiger partial charge in [-0.3, -0.25) is 4.79 Å². The fourth-order valence-electron chi connectivity index (χ4n) is 4.50. The first-order valence-electron chi connectivity index (χ1n) is 10.5. The Labute approximate surface area is 173 Å². The van der Waals surface area contributed by atoms with Crippen LogP contribution >= 0.6 is 0 Å². The van der Waals surface area contributed by atoms with Crippen molar-refractivity contribution in [1.29, 1.82) is 0 Å². The number of halogens is 3. The predicted molar refractivity (Wildman–Crippen MR) is 112 cm³/mol. The normalized spacial score (nSPS) is 15.8. The molecule has 3 aromatic rings. The molecule has 30 heavy (non-hydrogen) atoms. The minimum Gasteiger partial charge on any atom is -0.327 e. The monoisotopic (exact) mass is 417 g/mol. The second kappa shape index (κ2) is 7.93. The van der Waals surface area contributed by atoms with E-state index in [0.29, 0.717) is 5.56 Å². The van der Waals surface area contributed by atoms with Crippen molar-refractivity contribution in [2.24, 2.45) is 7.05 Å². The molecule has 0 amide bonds. The van der Waals surface area contributed by atoms with Crippen molar-refractivity contribution in [3.8, 4) is 11.1 Å². The summed E-state index contributed by atoms with van der Waals surface area (Å²) in [4.78, 5) is 16.8. The number of pyridine rings is 1. The van der Waals surface area contributed by atoms with Crippen LogP contribution in [-0.4, -0.2) is 20.3 Å². The van der Waals surface area contributed by atoms with Gasteiger partial charge in [-0.05, 0) is 49.1 Å². The number of alkyl halides is 3. The Hall–Kier alpha value is -2.57. The Balaban J connectivity index is 1.82. The molecule has 0 spiro atoms. The average molecular weight is 417 g/mol. The molecule has 0 atom stereocenters. The van der Waals surface area contributed by atoms with Crippen LogP contribution in [0, 0.1) is 6.92 Å². The fourth-order valence-corrected chi connectivity index (χ4v) is 4.50. The number of fused-ring (bicyclic) bond motifs is 1. The summed E-state index contributed by atoms with van der Waals surface area (Å²) < 4.78 is 42.4. The molecule has 2 heterocycles. The third-order valence-corrected chi connectivity index (χ3v) is 6.06. The van der Waals surface area contributed by atoms with E-state index in [-0.39, 0.29) is 18.0 Å². The van der Waals surface area contributed by atoms with Crippen LogP contribution < -0.4 is 5.56 Å². The average Bonchev–Trinajstić information content (AvgIpc) is 3.08. The molecule has 1 saturated carbocycles. The molecule has 4 nitrogen and oxygen atoms in total. The third-order valence-electron chi connectivity index (χ3n) is 6.06. The maximum atomic E-state index is 13.0. The molecule has 0 radical (unpaired) electrons. The SMILES string of the molecule is Cc1cc(-c2ccc3nc(C4CCCCC4)n(CCC(F)(F)F)c3c2)cn(C)c1=O. The molecule has 0 saturated heterocycles. The lowest BCUT2D eigenvalue weighted by atomic mass is 9.88. The fraction of sp³-hybridized carbons (Fsp3) is 0.478. The molecule has 160 valence electrons. The van der Waals surface area contributed by atoms with E-state index in [1.165, 1.54) is 11.0 Å². The summed E-state index contributed by atoms with van der Waals surface area (Å²) in [5.41, 5.74) is 3.74. The lowest BCUT2D eigenvalue weighted by Crippen LogP contribution is -2.18. The molecular formula is C23H26F3N3O. The maximum absolute atomic E-state index is 13.0. The van der Waals surface area contributed by atoms with Crippen LogP contribution in [-0.2, 0) is 13.6 Å². The second-order valence-corrected chi connectivity index (χ2v) is 8.35. The summed E-state index contributed by atoms with van der Waals surface area (Å²) in [5.74, 6) is 0.991. The highest BCUT2D eigenvalue weighted by molar-refractivity contribution is 5.82. The Bertz CT molecular complexity index is 1090.